The van der Waals surface area contributed by atoms with E-state index in [-0.39, 0.29) is 17.7 Å². The van der Waals surface area contributed by atoms with E-state index in [1.54, 1.807) is 36.4 Å². The maximum atomic E-state index is 12.6. The second kappa shape index (κ2) is 11.3. The lowest BCUT2D eigenvalue weighted by Gasteiger charge is -2.14. The summed E-state index contributed by atoms with van der Waals surface area (Å²) in [6.45, 7) is 2.16. The number of carboxylic acid groups (broad SMARTS) is 1. The van der Waals surface area contributed by atoms with Crippen LogP contribution in [0.25, 0.3) is 6.08 Å². The number of rotatable bonds is 8. The molecule has 0 unspecified atom stereocenters. The van der Waals surface area contributed by atoms with Gasteiger partial charge in [-0.1, -0.05) is 29.8 Å². The summed E-state index contributed by atoms with van der Waals surface area (Å²) in [7, 11) is 1.50. The smallest absolute Gasteiger partial charge is 0.335 e. The van der Waals surface area contributed by atoms with Crippen LogP contribution in [0.4, 0.5) is 5.69 Å². The van der Waals surface area contributed by atoms with E-state index in [9.17, 15) is 14.9 Å². The van der Waals surface area contributed by atoms with Crippen molar-refractivity contribution in [2.45, 2.75) is 13.5 Å². The zero-order valence-electron chi connectivity index (χ0n) is 18.5. The van der Waals surface area contributed by atoms with Crippen molar-refractivity contribution < 1.29 is 24.2 Å². The Kier molecular flexibility index (Phi) is 8.27. The third kappa shape index (κ3) is 6.36. The molecule has 0 radical (unpaired) electrons. The Morgan fingerprint density at radius 2 is 1.79 bits per heavy atom. The number of anilines is 1. The number of nitriles is 1. The number of hydrogen-bond acceptors (Lipinski definition) is 5. The summed E-state index contributed by atoms with van der Waals surface area (Å²) in [6, 6.07) is 19.1. The summed E-state index contributed by atoms with van der Waals surface area (Å²) < 4.78 is 12.1. The predicted octanol–water partition coefficient (Wildman–Crippen LogP) is 5.43. The van der Waals surface area contributed by atoms with Gasteiger partial charge in [0.1, 0.15) is 18.2 Å². The van der Waals surface area contributed by atoms with Crippen LogP contribution in [0.1, 0.15) is 27.0 Å². The normalized spacial score (nSPS) is 10.8. The minimum atomic E-state index is -0.989. The fraction of sp³-hybridized carbons (Fsp3) is 0.115. The van der Waals surface area contributed by atoms with E-state index in [1.165, 1.54) is 25.3 Å². The molecule has 0 saturated carbocycles. The summed E-state index contributed by atoms with van der Waals surface area (Å²) in [4.78, 5) is 23.6. The van der Waals surface area contributed by atoms with E-state index >= 15 is 0 Å². The number of halogens is 1. The quantitative estimate of drug-likeness (QED) is 0.213. The van der Waals surface area contributed by atoms with Crippen LogP contribution in [-0.2, 0) is 11.4 Å². The number of aryl methyl sites for hydroxylation is 1. The average molecular weight is 568 g/mol. The Hall–Kier alpha value is -3.84. The number of carboxylic acids is 1. The van der Waals surface area contributed by atoms with E-state index < -0.39 is 11.9 Å². The number of nitrogens with zero attached hydrogens (tertiary/aromatic N) is 1. The fourth-order valence-corrected chi connectivity index (χ4v) is 3.79. The Bertz CT molecular complexity index is 1280. The number of aromatic carboxylic acids is 1. The maximum Gasteiger partial charge on any atom is 0.335 e. The van der Waals surface area contributed by atoms with Crippen molar-refractivity contribution in [1.82, 2.24) is 0 Å². The van der Waals surface area contributed by atoms with E-state index in [0.717, 1.165) is 14.7 Å². The molecule has 0 aliphatic rings. The van der Waals surface area contributed by atoms with Gasteiger partial charge in [0.2, 0.25) is 0 Å². The van der Waals surface area contributed by atoms with Gasteiger partial charge < -0.3 is 19.9 Å². The molecular formula is C26H21IN2O5. The first-order valence-electron chi connectivity index (χ1n) is 10.1. The van der Waals surface area contributed by atoms with Crippen LogP contribution >= 0.6 is 22.6 Å². The second-order valence-electron chi connectivity index (χ2n) is 7.31. The summed E-state index contributed by atoms with van der Waals surface area (Å²) in [5.41, 5.74) is 3.22. The van der Waals surface area contributed by atoms with Crippen molar-refractivity contribution in [2.75, 3.05) is 12.4 Å². The Labute approximate surface area is 210 Å². The summed E-state index contributed by atoms with van der Waals surface area (Å²) in [5, 5.41) is 21.3. The number of methoxy groups -OCH3 is 1. The second-order valence-corrected chi connectivity index (χ2v) is 8.48. The molecule has 0 spiro atoms. The van der Waals surface area contributed by atoms with Crippen molar-refractivity contribution in [3.8, 4) is 17.6 Å². The average Bonchev–Trinajstić information content (AvgIpc) is 2.83. The molecule has 34 heavy (non-hydrogen) atoms. The van der Waals surface area contributed by atoms with E-state index in [1.807, 2.05) is 25.1 Å². The maximum absolute atomic E-state index is 12.6. The largest absolute Gasteiger partial charge is 0.493 e. The van der Waals surface area contributed by atoms with Crippen molar-refractivity contribution in [2.24, 2.45) is 0 Å². The highest BCUT2D eigenvalue weighted by atomic mass is 127. The van der Waals surface area contributed by atoms with E-state index in [4.69, 9.17) is 14.6 Å². The number of carbonyl (C=O) groups is 2. The van der Waals surface area contributed by atoms with Gasteiger partial charge in [0.25, 0.3) is 5.91 Å². The SMILES string of the molecule is COc1cc(/C=C(\C#N)C(=O)Nc2ccc(C)cc2)cc(I)c1OCc1ccc(C(=O)O)cc1. The lowest BCUT2D eigenvalue weighted by atomic mass is 10.1. The van der Waals surface area contributed by atoms with Gasteiger partial charge in [0.05, 0.1) is 16.2 Å². The molecule has 0 aromatic heterocycles. The van der Waals surface area contributed by atoms with E-state index in [0.29, 0.717) is 22.7 Å². The third-order valence-corrected chi connectivity index (χ3v) is 5.62. The highest BCUT2D eigenvalue weighted by molar-refractivity contribution is 14.1. The predicted molar refractivity (Wildman–Crippen MR) is 137 cm³/mol. The summed E-state index contributed by atoms with van der Waals surface area (Å²) >= 11 is 2.09. The Balaban J connectivity index is 1.78. The van der Waals surface area contributed by atoms with Crippen molar-refractivity contribution in [1.29, 1.82) is 5.26 Å². The molecule has 8 heteroatoms. The standard InChI is InChI=1S/C26H21IN2O5/c1-16-3-9-21(10-4-16)29-25(30)20(14-28)11-18-12-22(27)24(23(13-18)33-2)34-15-17-5-7-19(8-6-17)26(31)32/h3-13H,15H2,1-2H3,(H,29,30)(H,31,32)/b20-11+. The molecule has 0 aliphatic carbocycles. The molecule has 0 bridgehead atoms. The minimum Gasteiger partial charge on any atom is -0.493 e. The van der Waals surface area contributed by atoms with Gasteiger partial charge in [-0.25, -0.2) is 4.79 Å². The minimum absolute atomic E-state index is 0.0504. The van der Waals surface area contributed by atoms with Gasteiger partial charge in [-0.15, -0.1) is 0 Å². The zero-order valence-corrected chi connectivity index (χ0v) is 20.6. The first-order valence-corrected chi connectivity index (χ1v) is 11.2. The topological polar surface area (TPSA) is 109 Å². The van der Waals surface area contributed by atoms with Gasteiger partial charge >= 0.3 is 5.97 Å². The van der Waals surface area contributed by atoms with Gasteiger partial charge in [0, 0.05) is 5.69 Å². The van der Waals surface area contributed by atoms with Crippen LogP contribution < -0.4 is 14.8 Å². The molecule has 2 N–H and O–H groups in total. The monoisotopic (exact) mass is 568 g/mol. The molecule has 7 nitrogen and oxygen atoms in total. The Morgan fingerprint density at radius 3 is 2.38 bits per heavy atom. The molecule has 3 aromatic carbocycles. The van der Waals surface area contributed by atoms with Gasteiger partial charge in [0.15, 0.2) is 11.5 Å². The number of amides is 1. The van der Waals surface area contributed by atoms with Crippen LogP contribution in [0.3, 0.4) is 0 Å². The highest BCUT2D eigenvalue weighted by Crippen LogP contribution is 2.35. The van der Waals surface area contributed by atoms with Crippen LogP contribution in [0.15, 0.2) is 66.2 Å². The highest BCUT2D eigenvalue weighted by Gasteiger charge is 2.14. The van der Waals surface area contributed by atoms with Crippen LogP contribution in [-0.4, -0.2) is 24.1 Å². The molecule has 172 valence electrons. The van der Waals surface area contributed by atoms with Crippen LogP contribution in [0.5, 0.6) is 11.5 Å². The van der Waals surface area contributed by atoms with Crippen LogP contribution in [0, 0.1) is 21.8 Å². The number of benzene rings is 3. The molecular weight excluding hydrogens is 547 g/mol. The number of carbonyl (C=O) groups excluding carboxylic acids is 1. The number of ether oxygens (including phenoxy) is 2. The van der Waals surface area contributed by atoms with Gasteiger partial charge in [-0.3, -0.25) is 4.79 Å². The van der Waals surface area contributed by atoms with E-state index in [2.05, 4.69) is 27.9 Å². The molecule has 3 aromatic rings. The molecule has 0 fully saturated rings. The summed E-state index contributed by atoms with van der Waals surface area (Å²) in [6.07, 6.45) is 1.49. The van der Waals surface area contributed by atoms with Gasteiger partial charge in [-0.05, 0) is 83.1 Å². The zero-order chi connectivity index (χ0) is 24.7. The third-order valence-electron chi connectivity index (χ3n) is 4.82. The lowest BCUT2D eigenvalue weighted by molar-refractivity contribution is -0.112. The fourth-order valence-electron chi connectivity index (χ4n) is 3.01. The number of nitrogens with one attached hydrogen (secondary N) is 1. The molecule has 0 saturated heterocycles. The number of hydrogen-bond donors (Lipinski definition) is 2. The van der Waals surface area contributed by atoms with Crippen molar-refractivity contribution in [3.63, 3.8) is 0 Å². The molecule has 3 rings (SSSR count). The molecule has 0 atom stereocenters. The lowest BCUT2D eigenvalue weighted by Crippen LogP contribution is -2.13. The first-order chi connectivity index (χ1) is 16.3. The molecule has 0 aliphatic heterocycles. The van der Waals surface area contributed by atoms with Crippen LogP contribution in [0.2, 0.25) is 0 Å². The van der Waals surface area contributed by atoms with Gasteiger partial charge in [-0.2, -0.15) is 5.26 Å². The Morgan fingerprint density at radius 1 is 1.12 bits per heavy atom. The first kappa shape index (κ1) is 24.8. The summed E-state index contributed by atoms with van der Waals surface area (Å²) in [5.74, 6) is -0.552. The van der Waals surface area contributed by atoms with Crippen molar-refractivity contribution >= 4 is 46.2 Å². The van der Waals surface area contributed by atoms with Crippen molar-refractivity contribution in [3.05, 3.63) is 92.1 Å². The molecule has 0 heterocycles. The molecule has 1 amide bonds.